The van der Waals surface area contributed by atoms with E-state index in [2.05, 4.69) is 0 Å². The van der Waals surface area contributed by atoms with Gasteiger partial charge >= 0.3 is 0 Å². The first kappa shape index (κ1) is 11.1. The second-order valence-corrected chi connectivity index (χ2v) is 4.65. The van der Waals surface area contributed by atoms with Gasteiger partial charge in [-0.1, -0.05) is 11.8 Å². The maximum atomic E-state index is 11.1. The summed E-state index contributed by atoms with van der Waals surface area (Å²) in [7, 11) is 0. The van der Waals surface area contributed by atoms with Crippen LogP contribution in [0.3, 0.4) is 0 Å². The molecule has 0 amide bonds. The molecular weight excluding hydrogens is 222 g/mol. The summed E-state index contributed by atoms with van der Waals surface area (Å²) in [5.74, 6) is 0.292. The van der Waals surface area contributed by atoms with E-state index < -0.39 is 0 Å². The third-order valence-electron chi connectivity index (χ3n) is 2.36. The van der Waals surface area contributed by atoms with E-state index in [1.165, 1.54) is 0 Å². The Morgan fingerprint density at radius 1 is 1.56 bits per heavy atom. The van der Waals surface area contributed by atoms with Crippen molar-refractivity contribution in [2.45, 2.75) is 18.7 Å². The van der Waals surface area contributed by atoms with Crippen LogP contribution in [0.15, 0.2) is 34.2 Å². The summed E-state index contributed by atoms with van der Waals surface area (Å²) in [5, 5.41) is 10.4. The Morgan fingerprint density at radius 2 is 2.31 bits per heavy atom. The first-order chi connectivity index (χ1) is 7.61. The van der Waals surface area contributed by atoms with E-state index in [1.807, 2.05) is 17.9 Å². The molecule has 0 fully saturated rings. The van der Waals surface area contributed by atoms with Gasteiger partial charge in [0, 0.05) is 23.6 Å². The molecule has 0 atom stereocenters. The molecule has 0 unspecified atom stereocenters. The molecule has 1 aliphatic rings. The number of hydrogen-bond acceptors (Lipinski definition) is 4. The monoisotopic (exact) mass is 235 g/mol. The predicted octanol–water partition coefficient (Wildman–Crippen LogP) is 2.75. The van der Waals surface area contributed by atoms with Gasteiger partial charge in [-0.05, 0) is 26.0 Å². The highest BCUT2D eigenvalue weighted by molar-refractivity contribution is 8.03. The van der Waals surface area contributed by atoms with Gasteiger partial charge < -0.3 is 10.0 Å². The lowest BCUT2D eigenvalue weighted by molar-refractivity contribution is -0.112. The Labute approximate surface area is 98.8 Å². The quantitative estimate of drug-likeness (QED) is 0.800. The highest BCUT2D eigenvalue weighted by Gasteiger charge is 2.24. The Balaban J connectivity index is 2.44. The number of carbonyl (C=O) groups is 1. The van der Waals surface area contributed by atoms with Crippen molar-refractivity contribution in [2.75, 3.05) is 11.4 Å². The molecule has 4 heteroatoms. The van der Waals surface area contributed by atoms with Crippen molar-refractivity contribution in [2.24, 2.45) is 0 Å². The van der Waals surface area contributed by atoms with Gasteiger partial charge in [-0.2, -0.15) is 0 Å². The fourth-order valence-electron chi connectivity index (χ4n) is 1.70. The summed E-state index contributed by atoms with van der Waals surface area (Å²) < 4.78 is 0. The van der Waals surface area contributed by atoms with Crippen molar-refractivity contribution in [3.63, 3.8) is 0 Å². The van der Waals surface area contributed by atoms with Crippen LogP contribution in [0.2, 0.25) is 0 Å². The molecule has 2 rings (SSSR count). The number of aromatic hydroxyl groups is 1. The Hall–Kier alpha value is -1.42. The third-order valence-corrected chi connectivity index (χ3v) is 3.47. The lowest BCUT2D eigenvalue weighted by atomic mass is 10.2. The van der Waals surface area contributed by atoms with Gasteiger partial charge in [-0.15, -0.1) is 0 Å². The highest BCUT2D eigenvalue weighted by Crippen LogP contribution is 2.46. The lowest BCUT2D eigenvalue weighted by Gasteiger charge is -2.17. The first-order valence-corrected chi connectivity index (χ1v) is 5.94. The molecule has 0 radical (unpaired) electrons. The molecule has 1 aromatic carbocycles. The number of benzene rings is 1. The maximum Gasteiger partial charge on any atom is 0.155 e. The van der Waals surface area contributed by atoms with E-state index in [9.17, 15) is 9.90 Å². The minimum absolute atomic E-state index is 0.0398. The maximum absolute atomic E-state index is 11.1. The summed E-state index contributed by atoms with van der Waals surface area (Å²) in [4.78, 5) is 14.2. The molecule has 1 aliphatic heterocycles. The second-order valence-electron chi connectivity index (χ2n) is 3.59. The molecule has 1 N–H and O–H groups in total. The number of ketones is 1. The van der Waals surface area contributed by atoms with Gasteiger partial charge in [-0.3, -0.25) is 4.79 Å². The number of anilines is 1. The smallest absolute Gasteiger partial charge is 0.155 e. The van der Waals surface area contributed by atoms with Crippen LogP contribution in [0.25, 0.3) is 0 Å². The minimum Gasteiger partial charge on any atom is -0.508 e. The third kappa shape index (κ3) is 1.93. The van der Waals surface area contributed by atoms with Gasteiger partial charge in [-0.25, -0.2) is 0 Å². The van der Waals surface area contributed by atoms with Crippen molar-refractivity contribution < 1.29 is 9.90 Å². The molecule has 1 aromatic rings. The van der Waals surface area contributed by atoms with E-state index in [4.69, 9.17) is 0 Å². The molecular formula is C12H13NO2S. The van der Waals surface area contributed by atoms with Gasteiger partial charge in [0.25, 0.3) is 0 Å². The molecule has 0 aliphatic carbocycles. The molecule has 3 nitrogen and oxygen atoms in total. The largest absolute Gasteiger partial charge is 0.508 e. The van der Waals surface area contributed by atoms with E-state index in [0.29, 0.717) is 0 Å². The van der Waals surface area contributed by atoms with E-state index in [1.54, 1.807) is 36.9 Å². The number of hydrogen-bond donors (Lipinski definition) is 1. The molecule has 0 aromatic heterocycles. The van der Waals surface area contributed by atoms with Crippen molar-refractivity contribution in [3.05, 3.63) is 29.3 Å². The molecule has 1 heterocycles. The molecule has 16 heavy (non-hydrogen) atoms. The molecule has 0 saturated carbocycles. The van der Waals surface area contributed by atoms with Gasteiger partial charge in [0.2, 0.25) is 0 Å². The van der Waals surface area contributed by atoms with Gasteiger partial charge in [0.05, 0.1) is 10.7 Å². The van der Waals surface area contributed by atoms with Gasteiger partial charge in [0.1, 0.15) is 5.75 Å². The fourth-order valence-corrected chi connectivity index (χ4v) is 2.89. The van der Waals surface area contributed by atoms with Crippen LogP contribution in [0.4, 0.5) is 5.69 Å². The molecule has 84 valence electrons. The first-order valence-electron chi connectivity index (χ1n) is 5.12. The molecule has 0 spiro atoms. The summed E-state index contributed by atoms with van der Waals surface area (Å²) in [6.45, 7) is 4.35. The van der Waals surface area contributed by atoms with E-state index >= 15 is 0 Å². The van der Waals surface area contributed by atoms with Gasteiger partial charge in [0.15, 0.2) is 5.78 Å². The minimum atomic E-state index is 0.0398. The van der Waals surface area contributed by atoms with Crippen molar-refractivity contribution in [1.82, 2.24) is 0 Å². The average Bonchev–Trinajstić information content (AvgIpc) is 2.53. The summed E-state index contributed by atoms with van der Waals surface area (Å²) >= 11 is 1.56. The summed E-state index contributed by atoms with van der Waals surface area (Å²) in [5.41, 5.74) is 0.972. The number of nitrogens with zero attached hydrogens (tertiary/aromatic N) is 1. The number of fused-ring (bicyclic) bond motifs is 1. The summed E-state index contributed by atoms with van der Waals surface area (Å²) in [6.07, 6.45) is 1.63. The number of rotatable bonds is 2. The molecule has 0 saturated heterocycles. The predicted molar refractivity (Wildman–Crippen MR) is 65.7 cm³/mol. The second kappa shape index (κ2) is 4.22. The number of carbonyl (C=O) groups excluding carboxylic acids is 1. The van der Waals surface area contributed by atoms with Crippen LogP contribution in [0, 0.1) is 0 Å². The number of phenols is 1. The Bertz CT molecular complexity index is 468. The molecule has 0 bridgehead atoms. The van der Waals surface area contributed by atoms with Crippen LogP contribution in [-0.2, 0) is 4.79 Å². The number of thioether (sulfide) groups is 1. The number of allylic oxidation sites excluding steroid dienone is 1. The van der Waals surface area contributed by atoms with E-state index in [0.717, 1.165) is 22.2 Å². The highest BCUT2D eigenvalue weighted by atomic mass is 32.2. The normalized spacial score (nSPS) is 16.6. The number of phenolic OH excluding ortho intramolecular Hbond substituents is 1. The Kier molecular flexibility index (Phi) is 2.92. The average molecular weight is 235 g/mol. The topological polar surface area (TPSA) is 40.5 Å². The summed E-state index contributed by atoms with van der Waals surface area (Å²) in [6, 6.07) is 5.27. The van der Waals surface area contributed by atoms with Crippen molar-refractivity contribution in [1.29, 1.82) is 0 Å². The van der Waals surface area contributed by atoms with Crippen LogP contribution < -0.4 is 4.90 Å². The van der Waals surface area contributed by atoms with Crippen LogP contribution in [0.1, 0.15) is 13.8 Å². The van der Waals surface area contributed by atoms with Crippen LogP contribution >= 0.6 is 11.8 Å². The fraction of sp³-hybridized carbons (Fsp3) is 0.250. The zero-order valence-electron chi connectivity index (χ0n) is 9.23. The van der Waals surface area contributed by atoms with Crippen LogP contribution in [0.5, 0.6) is 5.75 Å². The standard InChI is InChI=1S/C12H13NO2S/c1-3-13-10-7-9(15)4-5-11(10)16-12(13)6-8(2)14/h4-7,15H,3H2,1-2H3/b12-6-. The zero-order chi connectivity index (χ0) is 11.7. The van der Waals surface area contributed by atoms with Crippen LogP contribution in [-0.4, -0.2) is 17.4 Å². The van der Waals surface area contributed by atoms with Crippen molar-refractivity contribution in [3.8, 4) is 5.75 Å². The Morgan fingerprint density at radius 3 is 2.94 bits per heavy atom. The zero-order valence-corrected chi connectivity index (χ0v) is 10.0. The van der Waals surface area contributed by atoms with E-state index in [-0.39, 0.29) is 11.5 Å². The SMILES string of the molecule is CCN1/C(=C/C(C)=O)Sc2ccc(O)cc21. The lowest BCUT2D eigenvalue weighted by Crippen LogP contribution is -2.17. The van der Waals surface area contributed by atoms with Crippen molar-refractivity contribution >= 4 is 23.2 Å².